The van der Waals surface area contributed by atoms with E-state index < -0.39 is 17.8 Å². The third kappa shape index (κ3) is 3.24. The molecular weight excluding hydrogens is 278 g/mol. The number of nitrogens with one attached hydrogen (secondary N) is 1. The second kappa shape index (κ2) is 5.45. The van der Waals surface area contributed by atoms with Crippen molar-refractivity contribution in [2.24, 2.45) is 7.05 Å². The molecule has 0 fully saturated rings. The quantitative estimate of drug-likeness (QED) is 0.774. The highest BCUT2D eigenvalue weighted by Crippen LogP contribution is 2.16. The van der Waals surface area contributed by atoms with Crippen LogP contribution in [-0.4, -0.2) is 37.6 Å². The molecule has 8 heteroatoms. The van der Waals surface area contributed by atoms with Crippen LogP contribution in [0.3, 0.4) is 0 Å². The number of amides is 1. The highest BCUT2D eigenvalue weighted by Gasteiger charge is 2.14. The van der Waals surface area contributed by atoms with Gasteiger partial charge in [-0.05, 0) is 18.2 Å². The smallest absolute Gasteiger partial charge is 0.335 e. The van der Waals surface area contributed by atoms with E-state index in [0.717, 1.165) is 6.07 Å². The van der Waals surface area contributed by atoms with Gasteiger partial charge >= 0.3 is 11.9 Å². The Kier molecular flexibility index (Phi) is 3.70. The zero-order chi connectivity index (χ0) is 15.6. The number of benzene rings is 1. The number of carboxylic acid groups (broad SMARTS) is 2. The van der Waals surface area contributed by atoms with E-state index in [2.05, 4.69) is 10.3 Å². The van der Waals surface area contributed by atoms with Crippen molar-refractivity contribution in [3.63, 3.8) is 0 Å². The average Bonchev–Trinajstić information content (AvgIpc) is 2.85. The average molecular weight is 289 g/mol. The van der Waals surface area contributed by atoms with Gasteiger partial charge in [-0.15, -0.1) is 0 Å². The maximum absolute atomic E-state index is 11.9. The van der Waals surface area contributed by atoms with Crippen molar-refractivity contribution in [1.82, 2.24) is 9.55 Å². The molecule has 0 atom stereocenters. The van der Waals surface area contributed by atoms with E-state index in [9.17, 15) is 14.4 Å². The molecule has 2 aromatic rings. The maximum atomic E-state index is 11.9. The van der Waals surface area contributed by atoms with Crippen molar-refractivity contribution in [2.45, 2.75) is 0 Å². The molecule has 0 radical (unpaired) electrons. The first-order valence-electron chi connectivity index (χ1n) is 5.78. The minimum absolute atomic E-state index is 0.0722. The van der Waals surface area contributed by atoms with E-state index in [-0.39, 0.29) is 22.5 Å². The van der Waals surface area contributed by atoms with E-state index in [1.165, 1.54) is 24.7 Å². The SMILES string of the molecule is Cn1cnc(C(=O)Nc2cc(C(=O)O)cc(C(=O)O)c2)c1. The number of nitrogens with zero attached hydrogens (tertiary/aromatic N) is 2. The second-order valence-corrected chi connectivity index (χ2v) is 4.29. The van der Waals surface area contributed by atoms with Crippen LogP contribution in [0, 0.1) is 0 Å². The zero-order valence-corrected chi connectivity index (χ0v) is 10.9. The summed E-state index contributed by atoms with van der Waals surface area (Å²) in [6.45, 7) is 0. The molecule has 1 aromatic carbocycles. The van der Waals surface area contributed by atoms with Crippen molar-refractivity contribution >= 4 is 23.5 Å². The van der Waals surface area contributed by atoms with E-state index >= 15 is 0 Å². The molecule has 3 N–H and O–H groups in total. The first kappa shape index (κ1) is 14.3. The predicted molar refractivity (Wildman–Crippen MR) is 71.5 cm³/mol. The lowest BCUT2D eigenvalue weighted by Crippen LogP contribution is -2.14. The number of carbonyl (C=O) groups is 3. The minimum Gasteiger partial charge on any atom is -0.478 e. The Labute approximate surface area is 118 Å². The molecule has 0 saturated heterocycles. The van der Waals surface area contributed by atoms with Gasteiger partial charge in [-0.1, -0.05) is 0 Å². The molecule has 108 valence electrons. The van der Waals surface area contributed by atoms with E-state index in [1.54, 1.807) is 11.6 Å². The lowest BCUT2D eigenvalue weighted by molar-refractivity contribution is 0.0696. The fourth-order valence-corrected chi connectivity index (χ4v) is 1.67. The molecule has 1 amide bonds. The summed E-state index contributed by atoms with van der Waals surface area (Å²) in [5, 5.41) is 20.3. The molecule has 8 nitrogen and oxygen atoms in total. The standard InChI is InChI=1S/C13H11N3O5/c1-16-5-10(14-6-16)11(17)15-9-3-7(12(18)19)2-8(4-9)13(20)21/h2-6H,1H3,(H,15,17)(H,18,19)(H,20,21). The molecule has 0 aliphatic heterocycles. The summed E-state index contributed by atoms with van der Waals surface area (Å²) in [6, 6.07) is 3.37. The molecule has 0 aliphatic rings. The van der Waals surface area contributed by atoms with Gasteiger partial charge in [0.1, 0.15) is 5.69 Å². The Morgan fingerprint density at radius 3 is 2.10 bits per heavy atom. The van der Waals surface area contributed by atoms with Crippen LogP contribution in [0.15, 0.2) is 30.7 Å². The zero-order valence-electron chi connectivity index (χ0n) is 10.9. The Morgan fingerprint density at radius 2 is 1.67 bits per heavy atom. The lowest BCUT2D eigenvalue weighted by atomic mass is 10.1. The molecule has 0 saturated carbocycles. The van der Waals surface area contributed by atoms with Crippen LogP contribution in [0.4, 0.5) is 5.69 Å². The van der Waals surface area contributed by atoms with Crippen LogP contribution >= 0.6 is 0 Å². The number of hydrogen-bond acceptors (Lipinski definition) is 4. The Bertz CT molecular complexity index is 703. The van der Waals surface area contributed by atoms with Crippen molar-refractivity contribution in [1.29, 1.82) is 0 Å². The molecule has 0 aliphatic carbocycles. The van der Waals surface area contributed by atoms with Gasteiger partial charge in [0.25, 0.3) is 5.91 Å². The van der Waals surface area contributed by atoms with Crippen LogP contribution in [0.2, 0.25) is 0 Å². The Balaban J connectivity index is 2.32. The summed E-state index contributed by atoms with van der Waals surface area (Å²) in [5.41, 5.74) is -0.254. The first-order valence-corrected chi connectivity index (χ1v) is 5.78. The number of hydrogen-bond donors (Lipinski definition) is 3. The van der Waals surface area contributed by atoms with E-state index in [1.807, 2.05) is 0 Å². The normalized spacial score (nSPS) is 10.1. The number of aromatic nitrogens is 2. The Hall–Kier alpha value is -3.16. The minimum atomic E-state index is -1.29. The van der Waals surface area contributed by atoms with Gasteiger partial charge in [0.2, 0.25) is 0 Å². The first-order chi connectivity index (χ1) is 9.86. The summed E-state index contributed by atoms with van der Waals surface area (Å²) in [7, 11) is 1.69. The summed E-state index contributed by atoms with van der Waals surface area (Å²) >= 11 is 0. The van der Waals surface area contributed by atoms with Crippen LogP contribution in [0.1, 0.15) is 31.2 Å². The predicted octanol–water partition coefficient (Wildman–Crippen LogP) is 1.07. The molecule has 2 rings (SSSR count). The number of aryl methyl sites for hydroxylation is 1. The van der Waals surface area contributed by atoms with Crippen LogP contribution in [0.25, 0.3) is 0 Å². The molecule has 1 heterocycles. The Morgan fingerprint density at radius 1 is 1.10 bits per heavy atom. The fraction of sp³-hybridized carbons (Fsp3) is 0.0769. The number of rotatable bonds is 4. The molecule has 21 heavy (non-hydrogen) atoms. The topological polar surface area (TPSA) is 122 Å². The second-order valence-electron chi connectivity index (χ2n) is 4.29. The third-order valence-electron chi connectivity index (χ3n) is 2.62. The highest BCUT2D eigenvalue weighted by molar-refractivity contribution is 6.04. The van der Waals surface area contributed by atoms with Crippen molar-refractivity contribution in [2.75, 3.05) is 5.32 Å². The number of aromatic carboxylic acids is 2. The van der Waals surface area contributed by atoms with Crippen LogP contribution in [0.5, 0.6) is 0 Å². The molecular formula is C13H11N3O5. The molecule has 1 aromatic heterocycles. The monoisotopic (exact) mass is 289 g/mol. The summed E-state index contributed by atoms with van der Waals surface area (Å²) in [4.78, 5) is 37.7. The highest BCUT2D eigenvalue weighted by atomic mass is 16.4. The fourth-order valence-electron chi connectivity index (χ4n) is 1.67. The maximum Gasteiger partial charge on any atom is 0.335 e. The van der Waals surface area contributed by atoms with E-state index in [0.29, 0.717) is 0 Å². The van der Waals surface area contributed by atoms with Crippen molar-refractivity contribution in [3.8, 4) is 0 Å². The van der Waals surface area contributed by atoms with Gasteiger partial charge in [-0.2, -0.15) is 0 Å². The van der Waals surface area contributed by atoms with Crippen LogP contribution in [-0.2, 0) is 7.05 Å². The number of carbonyl (C=O) groups excluding carboxylic acids is 1. The third-order valence-corrected chi connectivity index (χ3v) is 2.62. The molecule has 0 spiro atoms. The number of carboxylic acids is 2. The van der Waals surface area contributed by atoms with Gasteiger partial charge in [-0.3, -0.25) is 4.79 Å². The summed E-state index contributed by atoms with van der Waals surface area (Å²) < 4.78 is 1.57. The van der Waals surface area contributed by atoms with Crippen LogP contribution < -0.4 is 5.32 Å². The summed E-state index contributed by atoms with van der Waals surface area (Å²) in [6.07, 6.45) is 2.92. The largest absolute Gasteiger partial charge is 0.478 e. The van der Waals surface area contributed by atoms with Gasteiger partial charge in [0.15, 0.2) is 0 Å². The van der Waals surface area contributed by atoms with Gasteiger partial charge in [0.05, 0.1) is 17.5 Å². The van der Waals surface area contributed by atoms with E-state index in [4.69, 9.17) is 10.2 Å². The van der Waals surface area contributed by atoms with Gasteiger partial charge in [0, 0.05) is 18.9 Å². The molecule has 0 unspecified atom stereocenters. The van der Waals surface area contributed by atoms with Gasteiger partial charge in [-0.25, -0.2) is 14.6 Å². The molecule has 0 bridgehead atoms. The number of anilines is 1. The van der Waals surface area contributed by atoms with Crippen molar-refractivity contribution < 1.29 is 24.6 Å². The van der Waals surface area contributed by atoms with Crippen molar-refractivity contribution in [3.05, 3.63) is 47.5 Å². The van der Waals surface area contributed by atoms with Gasteiger partial charge < -0.3 is 20.1 Å². The lowest BCUT2D eigenvalue weighted by Gasteiger charge is -2.06. The number of imidazole rings is 1. The summed E-state index contributed by atoms with van der Waals surface area (Å²) in [5.74, 6) is -3.13.